The number of sulfone groups is 1. The van der Waals surface area contributed by atoms with E-state index in [1.165, 1.54) is 22.2 Å². The normalized spacial score (nSPS) is 12.7. The Morgan fingerprint density at radius 1 is 1.19 bits per heavy atom. The molecule has 4 rings (SSSR count). The smallest absolute Gasteiger partial charge is 0.360 e. The summed E-state index contributed by atoms with van der Waals surface area (Å²) in [6.07, 6.45) is -2.04. The van der Waals surface area contributed by atoms with E-state index in [0.29, 0.717) is 17.9 Å². The van der Waals surface area contributed by atoms with E-state index in [1.54, 1.807) is 13.1 Å². The molecule has 32 heavy (non-hydrogen) atoms. The zero-order valence-corrected chi connectivity index (χ0v) is 18.5. The molecule has 0 aromatic carbocycles. The molecule has 0 fully saturated rings. The van der Waals surface area contributed by atoms with Crippen molar-refractivity contribution in [1.29, 1.82) is 0 Å². The lowest BCUT2D eigenvalue weighted by Crippen LogP contribution is -2.19. The lowest BCUT2D eigenvalue weighted by Gasteiger charge is -2.17. The molecule has 0 bridgehead atoms. The summed E-state index contributed by atoms with van der Waals surface area (Å²) in [6, 6.07) is 2.53. The molecule has 0 saturated heterocycles. The van der Waals surface area contributed by atoms with Crippen LogP contribution in [0.4, 0.5) is 19.0 Å². The molecule has 0 radical (unpaired) electrons. The first-order valence-electron chi connectivity index (χ1n) is 9.71. The SMILES string of the molecule is CCN(C)c1ccnc2c(-c3nc4cc(C(F)(F)F)ncc4n3C)c(S(=O)(=O)CC)nn12. The minimum Gasteiger partial charge on any atom is -0.360 e. The predicted octanol–water partition coefficient (Wildman–Crippen LogP) is 2.95. The molecule has 9 nitrogen and oxygen atoms in total. The maximum Gasteiger partial charge on any atom is 0.433 e. The molecule has 170 valence electrons. The van der Waals surface area contributed by atoms with Crippen LogP contribution in [0.2, 0.25) is 0 Å². The quantitative estimate of drug-likeness (QED) is 0.445. The first-order chi connectivity index (χ1) is 15.0. The molecule has 0 spiro atoms. The number of fused-ring (bicyclic) bond motifs is 2. The monoisotopic (exact) mass is 467 g/mol. The van der Waals surface area contributed by atoms with Crippen LogP contribution in [0.25, 0.3) is 28.1 Å². The molecule has 0 aliphatic carbocycles. The second-order valence-electron chi connectivity index (χ2n) is 7.19. The first kappa shape index (κ1) is 22.0. The van der Waals surface area contributed by atoms with Crippen molar-refractivity contribution < 1.29 is 21.6 Å². The van der Waals surface area contributed by atoms with Crippen LogP contribution >= 0.6 is 0 Å². The lowest BCUT2D eigenvalue weighted by molar-refractivity contribution is -0.141. The van der Waals surface area contributed by atoms with Gasteiger partial charge < -0.3 is 9.47 Å². The Labute approximate surface area is 181 Å². The van der Waals surface area contributed by atoms with Crippen LogP contribution in [0.3, 0.4) is 0 Å². The Hall–Kier alpha value is -3.22. The Morgan fingerprint density at radius 2 is 1.91 bits per heavy atom. The fourth-order valence-corrected chi connectivity index (χ4v) is 4.36. The molecule has 0 aliphatic rings. The van der Waals surface area contributed by atoms with Gasteiger partial charge >= 0.3 is 6.18 Å². The number of alkyl halides is 3. The zero-order chi connectivity index (χ0) is 23.4. The van der Waals surface area contributed by atoms with E-state index in [-0.39, 0.29) is 33.3 Å². The Morgan fingerprint density at radius 3 is 2.53 bits per heavy atom. The maximum atomic E-state index is 13.1. The van der Waals surface area contributed by atoms with Crippen molar-refractivity contribution in [3.63, 3.8) is 0 Å². The molecule has 0 aliphatic heterocycles. The summed E-state index contributed by atoms with van der Waals surface area (Å²) < 4.78 is 68.1. The van der Waals surface area contributed by atoms with E-state index in [9.17, 15) is 21.6 Å². The van der Waals surface area contributed by atoms with E-state index in [4.69, 9.17) is 0 Å². The molecule has 0 saturated carbocycles. The van der Waals surface area contributed by atoms with Crippen LogP contribution < -0.4 is 4.90 Å². The number of hydrogen-bond donors (Lipinski definition) is 0. The zero-order valence-electron chi connectivity index (χ0n) is 17.7. The summed E-state index contributed by atoms with van der Waals surface area (Å²) >= 11 is 0. The van der Waals surface area contributed by atoms with Gasteiger partial charge in [0.05, 0.1) is 23.0 Å². The van der Waals surface area contributed by atoms with E-state index < -0.39 is 21.7 Å². The average Bonchev–Trinajstić information content (AvgIpc) is 3.30. The molecule has 0 unspecified atom stereocenters. The van der Waals surface area contributed by atoms with Gasteiger partial charge in [-0.2, -0.15) is 22.8 Å². The largest absolute Gasteiger partial charge is 0.433 e. The molecule has 0 amide bonds. The Balaban J connectivity index is 2.09. The summed E-state index contributed by atoms with van der Waals surface area (Å²) in [5, 5.41) is 4.11. The van der Waals surface area contributed by atoms with Crippen LogP contribution in [-0.2, 0) is 23.1 Å². The van der Waals surface area contributed by atoms with E-state index >= 15 is 0 Å². The van der Waals surface area contributed by atoms with Gasteiger partial charge in [0, 0.05) is 26.8 Å². The van der Waals surface area contributed by atoms with Gasteiger partial charge in [-0.05, 0) is 19.1 Å². The number of rotatable bonds is 5. The predicted molar refractivity (Wildman–Crippen MR) is 112 cm³/mol. The molecular formula is C19H20F3N7O2S. The van der Waals surface area contributed by atoms with Gasteiger partial charge in [0.2, 0.25) is 0 Å². The van der Waals surface area contributed by atoms with E-state index in [2.05, 4.69) is 20.1 Å². The highest BCUT2D eigenvalue weighted by Gasteiger charge is 2.34. The summed E-state index contributed by atoms with van der Waals surface area (Å²) in [4.78, 5) is 14.0. The van der Waals surface area contributed by atoms with Crippen molar-refractivity contribution in [2.75, 3.05) is 24.2 Å². The number of halogens is 3. The van der Waals surface area contributed by atoms with Crippen molar-refractivity contribution >= 4 is 32.3 Å². The molecule has 4 aromatic rings. The summed E-state index contributed by atoms with van der Waals surface area (Å²) in [5.74, 6) is 0.523. The topological polar surface area (TPSA) is 98.3 Å². The van der Waals surface area contributed by atoms with Crippen LogP contribution in [0.5, 0.6) is 0 Å². The Bertz CT molecular complexity index is 1440. The Kier molecular flexibility index (Phi) is 5.11. The molecule has 4 aromatic heterocycles. The fraction of sp³-hybridized carbons (Fsp3) is 0.368. The molecule has 0 atom stereocenters. The highest BCUT2D eigenvalue weighted by atomic mass is 32.2. The standard InChI is InChI=1S/C19H20F3N7O2S/c1-5-27(3)14-7-8-23-16-15(18(26-29(14)16)32(30,31)6-2)17-25-11-9-13(19(20,21)22)24-10-12(11)28(17)4/h7-10H,5-6H2,1-4H3. The third-order valence-corrected chi connectivity index (χ3v) is 6.92. The number of aryl methyl sites for hydroxylation is 1. The maximum absolute atomic E-state index is 13.1. The van der Waals surface area contributed by atoms with Crippen LogP contribution in [0.1, 0.15) is 19.5 Å². The van der Waals surface area contributed by atoms with Crippen molar-refractivity contribution in [2.24, 2.45) is 7.05 Å². The molecular weight excluding hydrogens is 447 g/mol. The molecule has 13 heteroatoms. The fourth-order valence-electron chi connectivity index (χ4n) is 3.38. The third-order valence-electron chi connectivity index (χ3n) is 5.29. The number of aromatic nitrogens is 6. The number of nitrogens with zero attached hydrogens (tertiary/aromatic N) is 7. The van der Waals surface area contributed by atoms with Crippen LogP contribution in [0, 0.1) is 0 Å². The van der Waals surface area contributed by atoms with Gasteiger partial charge in [0.1, 0.15) is 22.9 Å². The van der Waals surface area contributed by atoms with Crippen molar-refractivity contribution in [2.45, 2.75) is 25.0 Å². The van der Waals surface area contributed by atoms with Gasteiger partial charge in [-0.3, -0.25) is 0 Å². The van der Waals surface area contributed by atoms with Gasteiger partial charge in [-0.15, -0.1) is 0 Å². The number of anilines is 1. The van der Waals surface area contributed by atoms with Gasteiger partial charge in [-0.1, -0.05) is 6.92 Å². The van der Waals surface area contributed by atoms with Crippen molar-refractivity contribution in [3.05, 3.63) is 30.2 Å². The lowest BCUT2D eigenvalue weighted by atomic mass is 10.3. The van der Waals surface area contributed by atoms with E-state index in [1.807, 2.05) is 18.9 Å². The average molecular weight is 467 g/mol. The van der Waals surface area contributed by atoms with Crippen LogP contribution in [0.15, 0.2) is 29.6 Å². The summed E-state index contributed by atoms with van der Waals surface area (Å²) in [5.41, 5.74) is -0.372. The highest BCUT2D eigenvalue weighted by molar-refractivity contribution is 7.91. The number of imidazole rings is 1. The second-order valence-corrected chi connectivity index (χ2v) is 9.38. The third kappa shape index (κ3) is 3.36. The van der Waals surface area contributed by atoms with Crippen LogP contribution in [-0.4, -0.2) is 56.9 Å². The van der Waals surface area contributed by atoms with Gasteiger partial charge in [-0.25, -0.2) is 23.4 Å². The second kappa shape index (κ2) is 7.43. The summed E-state index contributed by atoms with van der Waals surface area (Å²) in [7, 11) is -0.413. The van der Waals surface area contributed by atoms with E-state index in [0.717, 1.165) is 12.3 Å². The summed E-state index contributed by atoms with van der Waals surface area (Å²) in [6.45, 7) is 4.05. The highest BCUT2D eigenvalue weighted by Crippen LogP contribution is 2.35. The molecule has 0 N–H and O–H groups in total. The molecule has 4 heterocycles. The van der Waals surface area contributed by atoms with Gasteiger partial charge in [0.15, 0.2) is 20.5 Å². The minimum atomic E-state index is -4.63. The number of hydrogen-bond acceptors (Lipinski definition) is 7. The first-order valence-corrected chi connectivity index (χ1v) is 11.4. The van der Waals surface area contributed by atoms with Crippen molar-refractivity contribution in [1.82, 2.24) is 29.1 Å². The van der Waals surface area contributed by atoms with Gasteiger partial charge in [0.25, 0.3) is 0 Å². The minimum absolute atomic E-state index is 0.0332. The van der Waals surface area contributed by atoms with Crippen molar-refractivity contribution in [3.8, 4) is 11.4 Å². The number of pyridine rings is 1.